The molecule has 212 valence electrons. The molecule has 1 aromatic heterocycles. The minimum atomic E-state index is -4.65. The van der Waals surface area contributed by atoms with Crippen LogP contribution in [0.25, 0.3) is 32.8 Å². The summed E-state index contributed by atoms with van der Waals surface area (Å²) in [5.41, 5.74) is 0.0709. The molecule has 0 radical (unpaired) electrons. The number of nitrogens with zero attached hydrogens (tertiary/aromatic N) is 3. The summed E-state index contributed by atoms with van der Waals surface area (Å²) in [5, 5.41) is 11.2. The van der Waals surface area contributed by atoms with E-state index in [0.29, 0.717) is 22.8 Å². The highest BCUT2D eigenvalue weighted by molar-refractivity contribution is 6.02. The molecule has 0 aliphatic heterocycles. The molecule has 0 amide bonds. The molecule has 1 N–H and O–H groups in total. The van der Waals surface area contributed by atoms with Gasteiger partial charge in [-0.25, -0.2) is 8.78 Å². The quantitative estimate of drug-likeness (QED) is 0.231. The van der Waals surface area contributed by atoms with Crippen LogP contribution < -0.4 is 9.47 Å². The Kier molecular flexibility index (Phi) is 7.20. The van der Waals surface area contributed by atoms with E-state index in [1.807, 2.05) is 19.0 Å². The zero-order valence-corrected chi connectivity index (χ0v) is 22.2. The highest BCUT2D eigenvalue weighted by atomic mass is 19.4. The van der Waals surface area contributed by atoms with Crippen molar-refractivity contribution in [2.24, 2.45) is 5.41 Å². The lowest BCUT2D eigenvalue weighted by Crippen LogP contribution is -2.28. The summed E-state index contributed by atoms with van der Waals surface area (Å²) in [5.74, 6) is -2.00. The van der Waals surface area contributed by atoms with Crippen LogP contribution in [0.15, 0.2) is 36.4 Å². The maximum Gasteiger partial charge on any atom is 0.422 e. The van der Waals surface area contributed by atoms with Gasteiger partial charge in [-0.2, -0.15) is 23.1 Å². The van der Waals surface area contributed by atoms with Gasteiger partial charge >= 0.3 is 12.2 Å². The Labute approximate surface area is 227 Å². The van der Waals surface area contributed by atoms with Crippen molar-refractivity contribution in [3.05, 3.63) is 53.6 Å². The molecule has 0 atom stereocenters. The second kappa shape index (κ2) is 10.3. The topological polar surface area (TPSA) is 67.7 Å². The van der Waals surface area contributed by atoms with E-state index in [-0.39, 0.29) is 45.8 Å². The third-order valence-corrected chi connectivity index (χ3v) is 7.04. The maximum atomic E-state index is 16.2. The predicted molar refractivity (Wildman–Crippen MR) is 141 cm³/mol. The fourth-order valence-corrected chi connectivity index (χ4v) is 5.12. The number of phenolic OH excluding ortho intramolecular Hbond substituents is 1. The average Bonchev–Trinajstić information content (AvgIpc) is 3.64. The monoisotopic (exact) mass is 561 g/mol. The second-order valence-electron chi connectivity index (χ2n) is 10.5. The Bertz CT molecular complexity index is 1590. The van der Waals surface area contributed by atoms with E-state index in [4.69, 9.17) is 9.47 Å². The van der Waals surface area contributed by atoms with Gasteiger partial charge in [0.2, 0.25) is 5.88 Å². The first-order valence-corrected chi connectivity index (χ1v) is 12.8. The number of fused-ring (bicyclic) bond motifs is 2. The molecule has 40 heavy (non-hydrogen) atoms. The van der Waals surface area contributed by atoms with Gasteiger partial charge in [0.05, 0.1) is 12.0 Å². The summed E-state index contributed by atoms with van der Waals surface area (Å²) in [6.07, 6.45) is -2.55. The highest BCUT2D eigenvalue weighted by Gasteiger charge is 2.44. The molecule has 1 heterocycles. The number of aromatic hydroxyl groups is 1. The summed E-state index contributed by atoms with van der Waals surface area (Å²) in [6.45, 7) is 1.06. The van der Waals surface area contributed by atoms with Gasteiger partial charge in [0.1, 0.15) is 17.1 Å². The molecule has 1 fully saturated rings. The standard InChI is InChI=1S/C29H28F5N3O3/c1-4-18-22(30)8-5-16-11-17(38)12-21(23(16)18)19-6-7-20-25(24(19)31)35-27(36-26(20)39-15-29(32,33)34)40-14-28(9-10-28)13-37(2)3/h5-8,11-12,38H,4,9-10,13-15H2,1-3H3. The number of alkyl halides is 3. The molecule has 1 aliphatic carbocycles. The van der Waals surface area contributed by atoms with Gasteiger partial charge in [0.15, 0.2) is 12.4 Å². The molecule has 1 saturated carbocycles. The van der Waals surface area contributed by atoms with Gasteiger partial charge in [-0.1, -0.05) is 19.1 Å². The number of hydrogen-bond donors (Lipinski definition) is 1. The minimum absolute atomic E-state index is 0.0219. The summed E-state index contributed by atoms with van der Waals surface area (Å²) in [7, 11) is 3.85. The smallest absolute Gasteiger partial charge is 0.422 e. The van der Waals surface area contributed by atoms with E-state index >= 15 is 4.39 Å². The summed E-state index contributed by atoms with van der Waals surface area (Å²) in [4.78, 5) is 10.3. The van der Waals surface area contributed by atoms with Crippen molar-refractivity contribution < 1.29 is 36.5 Å². The van der Waals surface area contributed by atoms with Gasteiger partial charge < -0.3 is 19.5 Å². The van der Waals surface area contributed by atoms with Gasteiger partial charge in [0.25, 0.3) is 0 Å². The molecular formula is C29H28F5N3O3. The van der Waals surface area contributed by atoms with Gasteiger partial charge in [-0.15, -0.1) is 0 Å². The highest BCUT2D eigenvalue weighted by Crippen LogP contribution is 2.46. The van der Waals surface area contributed by atoms with Gasteiger partial charge in [-0.05, 0) is 79.5 Å². The van der Waals surface area contributed by atoms with E-state index in [1.54, 1.807) is 6.92 Å². The molecule has 5 rings (SSSR count). The Balaban J connectivity index is 1.65. The van der Waals surface area contributed by atoms with Gasteiger partial charge in [0, 0.05) is 17.5 Å². The van der Waals surface area contributed by atoms with E-state index < -0.39 is 30.3 Å². The van der Waals surface area contributed by atoms with Crippen LogP contribution in [0.2, 0.25) is 0 Å². The van der Waals surface area contributed by atoms with E-state index in [0.717, 1.165) is 19.4 Å². The van der Waals surface area contributed by atoms with Crippen molar-refractivity contribution in [2.75, 3.05) is 33.9 Å². The van der Waals surface area contributed by atoms with Crippen molar-refractivity contribution in [3.63, 3.8) is 0 Å². The summed E-state index contributed by atoms with van der Waals surface area (Å²) >= 11 is 0. The lowest BCUT2D eigenvalue weighted by Gasteiger charge is -2.20. The van der Waals surface area contributed by atoms with Crippen molar-refractivity contribution in [2.45, 2.75) is 32.4 Å². The predicted octanol–water partition coefficient (Wildman–Crippen LogP) is 6.66. The Morgan fingerprint density at radius 2 is 1.75 bits per heavy atom. The van der Waals surface area contributed by atoms with Crippen LogP contribution in [0.3, 0.4) is 0 Å². The number of ether oxygens (including phenoxy) is 2. The molecule has 0 saturated heterocycles. The maximum absolute atomic E-state index is 16.2. The zero-order valence-electron chi connectivity index (χ0n) is 22.2. The number of rotatable bonds is 9. The van der Waals surface area contributed by atoms with Crippen molar-refractivity contribution in [3.8, 4) is 28.8 Å². The largest absolute Gasteiger partial charge is 0.508 e. The number of phenols is 1. The van der Waals surface area contributed by atoms with Crippen LogP contribution in [0.1, 0.15) is 25.3 Å². The molecular weight excluding hydrogens is 533 g/mol. The number of aryl methyl sites for hydroxylation is 1. The third kappa shape index (κ3) is 5.60. The first-order chi connectivity index (χ1) is 18.9. The summed E-state index contributed by atoms with van der Waals surface area (Å²) in [6, 6.07) is 7.91. The van der Waals surface area contributed by atoms with Crippen LogP contribution in [0.5, 0.6) is 17.6 Å². The van der Waals surface area contributed by atoms with Crippen LogP contribution in [-0.4, -0.2) is 60.0 Å². The lowest BCUT2D eigenvalue weighted by molar-refractivity contribution is -0.153. The number of halogens is 5. The molecule has 0 unspecified atom stereocenters. The third-order valence-electron chi connectivity index (χ3n) is 7.04. The van der Waals surface area contributed by atoms with Crippen molar-refractivity contribution >= 4 is 21.7 Å². The molecule has 11 heteroatoms. The first kappa shape index (κ1) is 27.8. The van der Waals surface area contributed by atoms with Crippen LogP contribution in [0.4, 0.5) is 22.0 Å². The second-order valence-corrected chi connectivity index (χ2v) is 10.5. The number of benzene rings is 3. The normalized spacial score (nSPS) is 14.7. The molecule has 0 bridgehead atoms. The average molecular weight is 562 g/mol. The molecule has 3 aromatic carbocycles. The van der Waals surface area contributed by atoms with Crippen LogP contribution in [-0.2, 0) is 6.42 Å². The van der Waals surface area contributed by atoms with E-state index in [1.165, 1.54) is 36.4 Å². The van der Waals surface area contributed by atoms with Crippen molar-refractivity contribution in [1.82, 2.24) is 14.9 Å². The van der Waals surface area contributed by atoms with Crippen molar-refractivity contribution in [1.29, 1.82) is 0 Å². The molecule has 6 nitrogen and oxygen atoms in total. The fourth-order valence-electron chi connectivity index (χ4n) is 5.12. The summed E-state index contributed by atoms with van der Waals surface area (Å²) < 4.78 is 80.7. The minimum Gasteiger partial charge on any atom is -0.508 e. The number of hydrogen-bond acceptors (Lipinski definition) is 6. The lowest BCUT2D eigenvalue weighted by atomic mass is 9.92. The number of aromatic nitrogens is 2. The van der Waals surface area contributed by atoms with E-state index in [9.17, 15) is 22.7 Å². The SMILES string of the molecule is CCc1c(F)ccc2cc(O)cc(-c3ccc4c(OCC(F)(F)F)nc(OCC5(CN(C)C)CC5)nc4c3F)c12. The van der Waals surface area contributed by atoms with Gasteiger partial charge in [-0.3, -0.25) is 0 Å². The first-order valence-electron chi connectivity index (χ1n) is 12.8. The Morgan fingerprint density at radius 3 is 2.40 bits per heavy atom. The fraction of sp³-hybridized carbons (Fsp3) is 0.379. The van der Waals surface area contributed by atoms with Crippen LogP contribution >= 0.6 is 0 Å². The van der Waals surface area contributed by atoms with E-state index in [2.05, 4.69) is 9.97 Å². The Morgan fingerprint density at radius 1 is 1.00 bits per heavy atom. The molecule has 1 aliphatic rings. The van der Waals surface area contributed by atoms with Crippen LogP contribution in [0, 0.1) is 17.0 Å². The molecule has 0 spiro atoms. The molecule has 4 aromatic rings. The zero-order chi connectivity index (χ0) is 28.8. The Hall–Kier alpha value is -3.73.